The molecule has 23 heavy (non-hydrogen) atoms. The van der Waals surface area contributed by atoms with Crippen LogP contribution in [-0.4, -0.2) is 21.7 Å². The Kier molecular flexibility index (Phi) is 4.51. The molecule has 0 unspecified atom stereocenters. The first-order valence-electron chi connectivity index (χ1n) is 8.45. The normalized spacial score (nSPS) is 14.3. The van der Waals surface area contributed by atoms with Gasteiger partial charge in [0.05, 0.1) is 17.8 Å². The second-order valence-electron chi connectivity index (χ2n) is 6.90. The fourth-order valence-corrected chi connectivity index (χ4v) is 2.83. The van der Waals surface area contributed by atoms with Crippen LogP contribution in [0.1, 0.15) is 54.0 Å². The van der Waals surface area contributed by atoms with E-state index in [-0.39, 0.29) is 5.91 Å². The maximum atomic E-state index is 12.6. The van der Waals surface area contributed by atoms with E-state index in [0.29, 0.717) is 18.5 Å². The third-order valence-electron chi connectivity index (χ3n) is 4.20. The molecule has 0 saturated heterocycles. The summed E-state index contributed by atoms with van der Waals surface area (Å²) >= 11 is 0. The van der Waals surface area contributed by atoms with Crippen molar-refractivity contribution in [1.82, 2.24) is 15.1 Å². The van der Waals surface area contributed by atoms with Crippen molar-refractivity contribution in [3.8, 4) is 0 Å². The van der Waals surface area contributed by atoms with Crippen LogP contribution in [0.2, 0.25) is 0 Å². The van der Waals surface area contributed by atoms with Gasteiger partial charge in [-0.3, -0.25) is 9.48 Å². The Morgan fingerprint density at radius 1 is 1.30 bits per heavy atom. The van der Waals surface area contributed by atoms with E-state index >= 15 is 0 Å². The number of hydrogen-bond acceptors (Lipinski definition) is 2. The van der Waals surface area contributed by atoms with E-state index in [1.54, 1.807) is 0 Å². The highest BCUT2D eigenvalue weighted by Gasteiger charge is 2.28. The van der Waals surface area contributed by atoms with Crippen molar-refractivity contribution in [3.63, 3.8) is 0 Å². The van der Waals surface area contributed by atoms with Crippen LogP contribution in [0, 0.1) is 12.8 Å². The van der Waals surface area contributed by atoms with E-state index in [4.69, 9.17) is 5.10 Å². The summed E-state index contributed by atoms with van der Waals surface area (Å²) in [5.41, 5.74) is 3.86. The van der Waals surface area contributed by atoms with E-state index in [0.717, 1.165) is 36.2 Å². The van der Waals surface area contributed by atoms with Gasteiger partial charge in [0.1, 0.15) is 0 Å². The Bertz CT molecular complexity index is 684. The lowest BCUT2D eigenvalue weighted by Crippen LogP contribution is -2.27. The highest BCUT2D eigenvalue weighted by molar-refractivity contribution is 5.96. The van der Waals surface area contributed by atoms with Gasteiger partial charge in [-0.1, -0.05) is 44.2 Å². The van der Waals surface area contributed by atoms with Crippen molar-refractivity contribution in [1.29, 1.82) is 0 Å². The van der Waals surface area contributed by atoms with Crippen molar-refractivity contribution < 1.29 is 4.79 Å². The summed E-state index contributed by atoms with van der Waals surface area (Å²) in [5.74, 6) is 0.516. The quantitative estimate of drug-likeness (QED) is 0.889. The minimum atomic E-state index is 0.0416. The molecule has 0 bridgehead atoms. The lowest BCUT2D eigenvalue weighted by atomic mass is 10.0. The van der Waals surface area contributed by atoms with Crippen molar-refractivity contribution >= 4 is 5.91 Å². The van der Waals surface area contributed by atoms with Crippen LogP contribution in [-0.2, 0) is 13.0 Å². The smallest absolute Gasteiger partial charge is 0.255 e. The molecule has 4 nitrogen and oxygen atoms in total. The number of carbonyl (C=O) groups excluding carboxylic acids is 1. The molecule has 0 aliphatic heterocycles. The number of amides is 1. The molecular formula is C19H25N3O. The number of benzene rings is 1. The molecule has 1 saturated carbocycles. The summed E-state index contributed by atoms with van der Waals surface area (Å²) in [5, 5.41) is 7.86. The molecule has 0 radical (unpaired) electrons. The highest BCUT2D eigenvalue weighted by atomic mass is 16.1. The van der Waals surface area contributed by atoms with E-state index < -0.39 is 0 Å². The lowest BCUT2D eigenvalue weighted by Gasteiger charge is -2.07. The van der Waals surface area contributed by atoms with Gasteiger partial charge in [0, 0.05) is 11.7 Å². The predicted molar refractivity (Wildman–Crippen MR) is 91.5 cm³/mol. The van der Waals surface area contributed by atoms with Crippen LogP contribution in [0.25, 0.3) is 0 Å². The number of aromatic nitrogens is 2. The molecule has 1 fully saturated rings. The van der Waals surface area contributed by atoms with Crippen molar-refractivity contribution in [2.45, 2.75) is 52.6 Å². The summed E-state index contributed by atoms with van der Waals surface area (Å²) in [7, 11) is 0. The number of nitrogens with one attached hydrogen (secondary N) is 1. The van der Waals surface area contributed by atoms with E-state index in [1.807, 2.05) is 29.8 Å². The van der Waals surface area contributed by atoms with Gasteiger partial charge in [-0.05, 0) is 37.7 Å². The Balaban J connectivity index is 1.90. The largest absolute Gasteiger partial charge is 0.349 e. The minimum absolute atomic E-state index is 0.0416. The minimum Gasteiger partial charge on any atom is -0.349 e. The molecule has 1 heterocycles. The molecule has 0 spiro atoms. The predicted octanol–water partition coefficient (Wildman–Crippen LogP) is 3.33. The molecule has 122 valence electrons. The van der Waals surface area contributed by atoms with Gasteiger partial charge in [0.25, 0.3) is 5.91 Å². The number of hydrogen-bond donors (Lipinski definition) is 1. The third-order valence-corrected chi connectivity index (χ3v) is 4.20. The van der Waals surface area contributed by atoms with Crippen molar-refractivity contribution in [2.24, 2.45) is 5.92 Å². The van der Waals surface area contributed by atoms with Gasteiger partial charge < -0.3 is 5.32 Å². The monoisotopic (exact) mass is 311 g/mol. The first-order chi connectivity index (χ1) is 11.0. The molecule has 3 rings (SSSR count). The zero-order valence-corrected chi connectivity index (χ0v) is 14.2. The zero-order valence-electron chi connectivity index (χ0n) is 14.2. The number of carbonyl (C=O) groups is 1. The molecule has 1 amide bonds. The van der Waals surface area contributed by atoms with Gasteiger partial charge in [0.2, 0.25) is 0 Å². The molecule has 1 aliphatic carbocycles. The Morgan fingerprint density at radius 3 is 2.61 bits per heavy atom. The topological polar surface area (TPSA) is 46.9 Å². The molecule has 1 N–H and O–H groups in total. The van der Waals surface area contributed by atoms with Crippen LogP contribution in [0.15, 0.2) is 30.3 Å². The molecule has 1 aromatic heterocycles. The van der Waals surface area contributed by atoms with Crippen molar-refractivity contribution in [3.05, 3.63) is 52.8 Å². The van der Waals surface area contributed by atoms with Crippen LogP contribution in [0.4, 0.5) is 0 Å². The van der Waals surface area contributed by atoms with Gasteiger partial charge in [-0.2, -0.15) is 5.10 Å². The highest BCUT2D eigenvalue weighted by Crippen LogP contribution is 2.23. The van der Waals surface area contributed by atoms with Crippen LogP contribution < -0.4 is 5.32 Å². The summed E-state index contributed by atoms with van der Waals surface area (Å²) in [6, 6.07) is 10.6. The zero-order chi connectivity index (χ0) is 16.4. The summed E-state index contributed by atoms with van der Waals surface area (Å²) < 4.78 is 1.97. The SMILES string of the molecule is Cc1c(C(=O)NC2CC2)c(CC(C)C)nn1Cc1ccccc1. The van der Waals surface area contributed by atoms with Gasteiger partial charge in [-0.15, -0.1) is 0 Å². The molecule has 4 heteroatoms. The maximum Gasteiger partial charge on any atom is 0.255 e. The maximum absolute atomic E-state index is 12.6. The number of rotatable bonds is 6. The fraction of sp³-hybridized carbons (Fsp3) is 0.474. The molecule has 1 aliphatic rings. The standard InChI is InChI=1S/C19H25N3O/c1-13(2)11-17-18(19(23)20-16-9-10-16)14(3)22(21-17)12-15-7-5-4-6-8-15/h4-8,13,16H,9-12H2,1-3H3,(H,20,23). The summed E-state index contributed by atoms with van der Waals surface area (Å²) in [4.78, 5) is 12.6. The third kappa shape index (κ3) is 3.81. The summed E-state index contributed by atoms with van der Waals surface area (Å²) in [6.07, 6.45) is 3.03. The lowest BCUT2D eigenvalue weighted by molar-refractivity contribution is 0.0949. The molecule has 1 aromatic carbocycles. The van der Waals surface area contributed by atoms with E-state index in [1.165, 1.54) is 5.56 Å². The van der Waals surface area contributed by atoms with Gasteiger partial charge in [-0.25, -0.2) is 0 Å². The van der Waals surface area contributed by atoms with Crippen LogP contribution in [0.5, 0.6) is 0 Å². The average Bonchev–Trinajstić information content (AvgIpc) is 3.25. The van der Waals surface area contributed by atoms with E-state index in [9.17, 15) is 4.79 Å². The average molecular weight is 311 g/mol. The summed E-state index contributed by atoms with van der Waals surface area (Å²) in [6.45, 7) is 7.03. The van der Waals surface area contributed by atoms with Crippen LogP contribution >= 0.6 is 0 Å². The van der Waals surface area contributed by atoms with E-state index in [2.05, 4.69) is 31.3 Å². The molecule has 2 aromatic rings. The second kappa shape index (κ2) is 6.57. The Labute approximate surface area is 137 Å². The Morgan fingerprint density at radius 2 is 2.00 bits per heavy atom. The number of nitrogens with zero attached hydrogens (tertiary/aromatic N) is 2. The van der Waals surface area contributed by atoms with Gasteiger partial charge >= 0.3 is 0 Å². The Hall–Kier alpha value is -2.10. The first-order valence-corrected chi connectivity index (χ1v) is 8.45. The molecular weight excluding hydrogens is 286 g/mol. The first kappa shape index (κ1) is 15.8. The second-order valence-corrected chi connectivity index (χ2v) is 6.90. The van der Waals surface area contributed by atoms with Crippen LogP contribution in [0.3, 0.4) is 0 Å². The fourth-order valence-electron chi connectivity index (χ4n) is 2.83. The van der Waals surface area contributed by atoms with Gasteiger partial charge in [0.15, 0.2) is 0 Å². The molecule has 0 atom stereocenters. The van der Waals surface area contributed by atoms with Crippen molar-refractivity contribution in [2.75, 3.05) is 0 Å².